The Morgan fingerprint density at radius 3 is 2.89 bits per heavy atom. The molecule has 2 aromatic rings. The highest BCUT2D eigenvalue weighted by atomic mass is 35.5. The molecular formula is C12H15ClN4O. The number of aryl methyl sites for hydroxylation is 1. The van der Waals surface area contributed by atoms with Crippen LogP contribution in [0.3, 0.4) is 0 Å². The first-order valence-corrected chi connectivity index (χ1v) is 6.41. The van der Waals surface area contributed by atoms with Gasteiger partial charge in [0.1, 0.15) is 11.8 Å². The summed E-state index contributed by atoms with van der Waals surface area (Å²) in [5.74, 6) is 0.000108. The first kappa shape index (κ1) is 13.0. The van der Waals surface area contributed by atoms with Crippen molar-refractivity contribution in [2.75, 3.05) is 0 Å². The molecule has 18 heavy (non-hydrogen) atoms. The van der Waals surface area contributed by atoms with Crippen molar-refractivity contribution in [3.63, 3.8) is 0 Å². The van der Waals surface area contributed by atoms with Crippen molar-refractivity contribution in [1.82, 2.24) is 19.5 Å². The second-order valence-corrected chi connectivity index (χ2v) is 4.55. The zero-order valence-electron chi connectivity index (χ0n) is 10.5. The van der Waals surface area contributed by atoms with Gasteiger partial charge in [0.15, 0.2) is 5.65 Å². The first-order valence-electron chi connectivity index (χ1n) is 6.04. The summed E-state index contributed by atoms with van der Waals surface area (Å²) in [4.78, 5) is 24.3. The van der Waals surface area contributed by atoms with E-state index in [0.717, 1.165) is 19.3 Å². The summed E-state index contributed by atoms with van der Waals surface area (Å²) in [7, 11) is 0. The van der Waals surface area contributed by atoms with Gasteiger partial charge in [0.05, 0.1) is 5.69 Å². The second kappa shape index (κ2) is 5.44. The highest BCUT2D eigenvalue weighted by Gasteiger charge is 2.14. The molecule has 0 amide bonds. The lowest BCUT2D eigenvalue weighted by Gasteiger charge is -2.02. The van der Waals surface area contributed by atoms with Crippen LogP contribution >= 0.6 is 11.6 Å². The van der Waals surface area contributed by atoms with E-state index in [1.165, 1.54) is 10.9 Å². The number of imidazole rings is 1. The molecule has 0 aliphatic carbocycles. The zero-order valence-corrected chi connectivity index (χ0v) is 11.2. The molecule has 0 saturated heterocycles. The largest absolute Gasteiger partial charge is 0.274 e. The Kier molecular flexibility index (Phi) is 3.91. The lowest BCUT2D eigenvalue weighted by atomic mass is 10.2. The van der Waals surface area contributed by atoms with Gasteiger partial charge >= 0.3 is 0 Å². The minimum atomic E-state index is 0.000108. The lowest BCUT2D eigenvalue weighted by Crippen LogP contribution is -2.10. The van der Waals surface area contributed by atoms with Gasteiger partial charge in [-0.1, -0.05) is 19.8 Å². The van der Waals surface area contributed by atoms with Crippen LogP contribution in [0, 0.1) is 6.92 Å². The van der Waals surface area contributed by atoms with E-state index < -0.39 is 0 Å². The van der Waals surface area contributed by atoms with Gasteiger partial charge in [-0.3, -0.25) is 9.36 Å². The summed E-state index contributed by atoms with van der Waals surface area (Å²) in [5.41, 5.74) is 1.81. The molecule has 0 atom stereocenters. The fourth-order valence-corrected chi connectivity index (χ4v) is 2.04. The quantitative estimate of drug-likeness (QED) is 0.630. The Bertz CT molecular complexity index is 579. The number of halogens is 1. The van der Waals surface area contributed by atoms with Crippen LogP contribution in [0.4, 0.5) is 0 Å². The van der Waals surface area contributed by atoms with Crippen LogP contribution in [0.25, 0.3) is 11.2 Å². The van der Waals surface area contributed by atoms with E-state index >= 15 is 0 Å². The fraction of sp³-hybridized carbons (Fsp3) is 0.500. The Labute approximate surface area is 110 Å². The lowest BCUT2D eigenvalue weighted by molar-refractivity contribution is 0.0903. The average molecular weight is 267 g/mol. The molecule has 0 N–H and O–H groups in total. The average Bonchev–Trinajstić information content (AvgIpc) is 2.73. The van der Waals surface area contributed by atoms with Gasteiger partial charge in [-0.25, -0.2) is 9.97 Å². The Morgan fingerprint density at radius 1 is 1.39 bits per heavy atom. The van der Waals surface area contributed by atoms with Gasteiger partial charge < -0.3 is 0 Å². The van der Waals surface area contributed by atoms with E-state index in [-0.39, 0.29) is 11.2 Å². The predicted molar refractivity (Wildman–Crippen MR) is 69.8 cm³/mol. The van der Waals surface area contributed by atoms with Crippen molar-refractivity contribution in [3.8, 4) is 0 Å². The third kappa shape index (κ3) is 2.51. The van der Waals surface area contributed by atoms with Gasteiger partial charge in [-0.2, -0.15) is 4.98 Å². The standard InChI is InChI=1S/C12H15ClN4O/c1-3-4-5-6-9(18)17-7-14-10-8(2)15-12(13)16-11(10)17/h7H,3-6H2,1-2H3. The molecule has 0 aliphatic rings. The predicted octanol–water partition coefficient (Wildman–Crippen LogP) is 3.01. The summed E-state index contributed by atoms with van der Waals surface area (Å²) in [6, 6.07) is 0. The molecule has 0 fully saturated rings. The topological polar surface area (TPSA) is 60.7 Å². The van der Waals surface area contributed by atoms with E-state index in [0.29, 0.717) is 23.3 Å². The minimum absolute atomic E-state index is 0.000108. The molecule has 2 heterocycles. The summed E-state index contributed by atoms with van der Waals surface area (Å²) in [5, 5.41) is 0.142. The number of aromatic nitrogens is 4. The van der Waals surface area contributed by atoms with Crippen molar-refractivity contribution >= 4 is 28.7 Å². The van der Waals surface area contributed by atoms with Crippen LogP contribution in [-0.2, 0) is 0 Å². The van der Waals surface area contributed by atoms with Crippen LogP contribution < -0.4 is 0 Å². The van der Waals surface area contributed by atoms with Gasteiger partial charge in [-0.15, -0.1) is 0 Å². The van der Waals surface area contributed by atoms with Crippen LogP contribution in [-0.4, -0.2) is 25.4 Å². The molecule has 0 aliphatic heterocycles. The molecular weight excluding hydrogens is 252 g/mol. The molecule has 0 saturated carbocycles. The Hall–Kier alpha value is -1.49. The summed E-state index contributed by atoms with van der Waals surface area (Å²) in [6.07, 6.45) is 5.02. The zero-order chi connectivity index (χ0) is 13.1. The third-order valence-electron chi connectivity index (χ3n) is 2.81. The van der Waals surface area contributed by atoms with Crippen LogP contribution in [0.2, 0.25) is 5.28 Å². The highest BCUT2D eigenvalue weighted by Crippen LogP contribution is 2.16. The molecule has 0 radical (unpaired) electrons. The van der Waals surface area contributed by atoms with E-state index in [1.54, 1.807) is 6.92 Å². The second-order valence-electron chi connectivity index (χ2n) is 4.22. The van der Waals surface area contributed by atoms with E-state index in [1.807, 2.05) is 0 Å². The van der Waals surface area contributed by atoms with Crippen molar-refractivity contribution in [3.05, 3.63) is 17.3 Å². The molecule has 0 aromatic carbocycles. The summed E-state index contributed by atoms with van der Waals surface area (Å²) >= 11 is 5.81. The maximum Gasteiger partial charge on any atom is 0.233 e. The smallest absolute Gasteiger partial charge is 0.233 e. The number of rotatable bonds is 4. The minimum Gasteiger partial charge on any atom is -0.274 e. The number of fused-ring (bicyclic) bond motifs is 1. The number of hydrogen-bond acceptors (Lipinski definition) is 4. The molecule has 6 heteroatoms. The molecule has 2 rings (SSSR count). The molecule has 0 spiro atoms. The number of carbonyl (C=O) groups is 1. The third-order valence-corrected chi connectivity index (χ3v) is 2.98. The Balaban J connectivity index is 2.31. The SMILES string of the molecule is CCCCCC(=O)n1cnc2c(C)nc(Cl)nc21. The monoisotopic (exact) mass is 266 g/mol. The van der Waals surface area contributed by atoms with Gasteiger partial charge in [-0.05, 0) is 24.9 Å². The van der Waals surface area contributed by atoms with Crippen molar-refractivity contribution in [1.29, 1.82) is 0 Å². The highest BCUT2D eigenvalue weighted by molar-refractivity contribution is 6.28. The molecule has 5 nitrogen and oxygen atoms in total. The fourth-order valence-electron chi connectivity index (χ4n) is 1.84. The van der Waals surface area contributed by atoms with Gasteiger partial charge in [0.25, 0.3) is 0 Å². The van der Waals surface area contributed by atoms with Crippen molar-refractivity contribution in [2.45, 2.75) is 39.5 Å². The number of carbonyl (C=O) groups excluding carboxylic acids is 1. The first-order chi connectivity index (χ1) is 8.63. The van der Waals surface area contributed by atoms with E-state index in [9.17, 15) is 4.79 Å². The van der Waals surface area contributed by atoms with E-state index in [4.69, 9.17) is 11.6 Å². The van der Waals surface area contributed by atoms with Crippen LogP contribution in [0.1, 0.15) is 43.1 Å². The number of unbranched alkanes of at least 4 members (excludes halogenated alkanes) is 2. The summed E-state index contributed by atoms with van der Waals surface area (Å²) < 4.78 is 1.46. The van der Waals surface area contributed by atoms with Crippen molar-refractivity contribution < 1.29 is 4.79 Å². The number of nitrogens with zero attached hydrogens (tertiary/aromatic N) is 4. The summed E-state index contributed by atoms with van der Waals surface area (Å²) in [6.45, 7) is 3.91. The molecule has 2 aromatic heterocycles. The van der Waals surface area contributed by atoms with Crippen LogP contribution in [0.15, 0.2) is 6.33 Å². The van der Waals surface area contributed by atoms with Gasteiger partial charge in [0.2, 0.25) is 11.2 Å². The van der Waals surface area contributed by atoms with Crippen molar-refractivity contribution in [2.24, 2.45) is 0 Å². The molecule has 96 valence electrons. The van der Waals surface area contributed by atoms with Gasteiger partial charge in [0, 0.05) is 6.42 Å². The Morgan fingerprint density at radius 2 is 2.17 bits per heavy atom. The molecule has 0 bridgehead atoms. The van der Waals surface area contributed by atoms with E-state index in [2.05, 4.69) is 21.9 Å². The molecule has 0 unspecified atom stereocenters. The maximum absolute atomic E-state index is 12.0. The maximum atomic E-state index is 12.0. The normalized spacial score (nSPS) is 11.1. The van der Waals surface area contributed by atoms with Crippen LogP contribution in [0.5, 0.6) is 0 Å². The number of hydrogen-bond donors (Lipinski definition) is 0.